The molecule has 4 N–H and O–H groups in total. The maximum absolute atomic E-state index is 14.4. The molecule has 0 radical (unpaired) electrons. The van der Waals surface area contributed by atoms with Gasteiger partial charge in [-0.15, -0.1) is 0 Å². The molecule has 11 nitrogen and oxygen atoms in total. The van der Waals surface area contributed by atoms with E-state index in [0.29, 0.717) is 41.9 Å². The Morgan fingerprint density at radius 2 is 1.77 bits per heavy atom. The summed E-state index contributed by atoms with van der Waals surface area (Å²) in [7, 11) is -1.27. The lowest BCUT2D eigenvalue weighted by Gasteiger charge is -2.32. The summed E-state index contributed by atoms with van der Waals surface area (Å²) in [5.74, 6) is -1.77. The third-order valence-corrected chi connectivity index (χ3v) is 9.70. The molecule has 0 saturated carbocycles. The number of ether oxygens (including phenoxy) is 2. The molecule has 3 aromatic carbocycles. The van der Waals surface area contributed by atoms with Gasteiger partial charge in [-0.25, -0.2) is 17.6 Å². The number of amides is 3. The Bertz CT molecular complexity index is 1680. The first-order valence-electron chi connectivity index (χ1n) is 13.9. The lowest BCUT2D eigenvalue weighted by Crippen LogP contribution is -2.38. The maximum Gasteiger partial charge on any atom is 0.411 e. The quantitative estimate of drug-likeness (QED) is 0.289. The first-order chi connectivity index (χ1) is 20.9. The van der Waals surface area contributed by atoms with Crippen LogP contribution in [0, 0.1) is 5.82 Å². The van der Waals surface area contributed by atoms with Crippen LogP contribution in [0.5, 0.6) is 5.75 Å². The fourth-order valence-corrected chi connectivity index (χ4v) is 6.45. The lowest BCUT2D eigenvalue weighted by molar-refractivity contribution is -0.133. The molecule has 2 atom stereocenters. The van der Waals surface area contributed by atoms with Crippen LogP contribution < -0.4 is 21.1 Å². The molecule has 0 unspecified atom stereocenters. The zero-order valence-electron chi connectivity index (χ0n) is 24.8. The van der Waals surface area contributed by atoms with Gasteiger partial charge in [0.05, 0.1) is 30.4 Å². The first-order valence-corrected chi connectivity index (χ1v) is 15.4. The minimum Gasteiger partial charge on any atom is -0.494 e. The van der Waals surface area contributed by atoms with Crippen LogP contribution in [-0.2, 0) is 19.4 Å². The monoisotopic (exact) mass is 626 g/mol. The van der Waals surface area contributed by atoms with Crippen molar-refractivity contribution in [1.29, 1.82) is 0 Å². The van der Waals surface area contributed by atoms with E-state index in [9.17, 15) is 27.2 Å². The average Bonchev–Trinajstić information content (AvgIpc) is 3.50. The molecule has 44 heavy (non-hydrogen) atoms. The topological polar surface area (TPSA) is 157 Å². The van der Waals surface area contributed by atoms with Gasteiger partial charge in [0.15, 0.2) is 21.4 Å². The summed E-state index contributed by atoms with van der Waals surface area (Å²) in [6.45, 7) is 3.44. The minimum atomic E-state index is -3.79. The van der Waals surface area contributed by atoms with Gasteiger partial charge in [0.2, 0.25) is 11.8 Å². The van der Waals surface area contributed by atoms with Crippen molar-refractivity contribution in [1.82, 2.24) is 4.90 Å². The van der Waals surface area contributed by atoms with Gasteiger partial charge in [0.1, 0.15) is 6.04 Å². The van der Waals surface area contributed by atoms with E-state index in [1.54, 1.807) is 36.9 Å². The molecule has 0 spiro atoms. The number of sulfone groups is 1. The molecule has 1 aliphatic heterocycles. The predicted octanol–water partition coefficient (Wildman–Crippen LogP) is 4.81. The third-order valence-electron chi connectivity index (χ3n) is 7.48. The number of nitrogens with two attached hydrogens (primary N) is 1. The number of methoxy groups -OCH3 is 2. The van der Waals surface area contributed by atoms with Gasteiger partial charge in [-0.05, 0) is 86.3 Å². The number of nitrogens with zero attached hydrogens (tertiary/aromatic N) is 1. The Kier molecular flexibility index (Phi) is 9.78. The van der Waals surface area contributed by atoms with Crippen LogP contribution in [0.4, 0.5) is 20.6 Å². The molecule has 0 bridgehead atoms. The van der Waals surface area contributed by atoms with Gasteiger partial charge < -0.3 is 25.4 Å². The summed E-state index contributed by atoms with van der Waals surface area (Å²) in [4.78, 5) is 39.8. The van der Waals surface area contributed by atoms with Crippen molar-refractivity contribution < 1.29 is 36.7 Å². The molecule has 4 rings (SSSR count). The Morgan fingerprint density at radius 1 is 1.02 bits per heavy atom. The molecule has 1 heterocycles. The van der Waals surface area contributed by atoms with Crippen molar-refractivity contribution in [3.8, 4) is 5.75 Å². The van der Waals surface area contributed by atoms with Crippen LogP contribution in [0.3, 0.4) is 0 Å². The van der Waals surface area contributed by atoms with Crippen LogP contribution in [0.1, 0.15) is 60.3 Å². The number of carbonyl (C=O) groups excluding carboxylic acids is 3. The number of hydrogen-bond donors (Lipinski definition) is 3. The van der Waals surface area contributed by atoms with Gasteiger partial charge in [-0.3, -0.25) is 14.9 Å². The van der Waals surface area contributed by atoms with E-state index in [4.69, 9.17) is 15.2 Å². The number of anilines is 2. The highest BCUT2D eigenvalue weighted by Crippen LogP contribution is 2.40. The summed E-state index contributed by atoms with van der Waals surface area (Å²) in [5, 5.41) is 4.97. The number of rotatable bonds is 10. The molecule has 1 fully saturated rings. The Morgan fingerprint density at radius 3 is 2.43 bits per heavy atom. The lowest BCUT2D eigenvalue weighted by atomic mass is 10.0. The molecular weight excluding hydrogens is 591 g/mol. The number of nitrogens with one attached hydrogen (secondary N) is 2. The summed E-state index contributed by atoms with van der Waals surface area (Å²) in [5.41, 5.74) is 7.11. The molecule has 1 aliphatic rings. The predicted molar refractivity (Wildman–Crippen MR) is 163 cm³/mol. The van der Waals surface area contributed by atoms with Crippen LogP contribution in [0.2, 0.25) is 0 Å². The average molecular weight is 627 g/mol. The van der Waals surface area contributed by atoms with Gasteiger partial charge in [-0.2, -0.15) is 0 Å². The van der Waals surface area contributed by atoms with Gasteiger partial charge in [-0.1, -0.05) is 12.1 Å². The van der Waals surface area contributed by atoms with Crippen molar-refractivity contribution in [2.75, 3.05) is 31.4 Å². The zero-order chi connectivity index (χ0) is 32.2. The van der Waals surface area contributed by atoms with E-state index in [1.807, 2.05) is 0 Å². The molecular formula is C31H35FN4O7S. The van der Waals surface area contributed by atoms with Gasteiger partial charge >= 0.3 is 6.09 Å². The Labute approximate surface area is 255 Å². The van der Waals surface area contributed by atoms with Crippen LogP contribution in [0.25, 0.3) is 0 Å². The number of hydrogen-bond acceptors (Lipinski definition) is 8. The second-order valence-electron chi connectivity index (χ2n) is 10.6. The molecule has 0 aliphatic carbocycles. The third kappa shape index (κ3) is 6.77. The molecule has 3 amide bonds. The minimum absolute atomic E-state index is 0.0507. The van der Waals surface area contributed by atoms with Crippen molar-refractivity contribution in [3.63, 3.8) is 0 Å². The van der Waals surface area contributed by atoms with Crippen LogP contribution in [0.15, 0.2) is 65.6 Å². The van der Waals surface area contributed by atoms with Crippen molar-refractivity contribution >= 4 is 39.1 Å². The highest BCUT2D eigenvalue weighted by molar-refractivity contribution is 7.92. The second-order valence-corrected chi connectivity index (χ2v) is 13.0. The molecule has 234 valence electrons. The number of carbonyl (C=O) groups is 3. The standard InChI is InChI=1S/C31H35FN4O7S/c1-18(2)44(40,41)27-13-11-22(35-31(39)43-4)17-23(27)25-9-6-14-36(25)30(38)28(19-10-12-24(32)26(16-19)42-3)34-21-8-5-7-20(15-21)29(33)37/h5,7-8,10-13,15-18,25,28,34H,6,9,14H2,1-4H3,(H2,33,37)(H,35,39)/t25-,28-/m1/s1. The van der Waals surface area contributed by atoms with Gasteiger partial charge in [0, 0.05) is 23.5 Å². The van der Waals surface area contributed by atoms with Crippen molar-refractivity contribution in [2.24, 2.45) is 5.73 Å². The molecule has 0 aromatic heterocycles. The van der Waals surface area contributed by atoms with Crippen LogP contribution >= 0.6 is 0 Å². The smallest absolute Gasteiger partial charge is 0.411 e. The fourth-order valence-electron chi connectivity index (χ4n) is 5.16. The summed E-state index contributed by atoms with van der Waals surface area (Å²) in [6.07, 6.45) is 0.288. The van der Waals surface area contributed by atoms with E-state index in [1.165, 1.54) is 56.7 Å². The van der Waals surface area contributed by atoms with E-state index < -0.39 is 50.9 Å². The second kappa shape index (κ2) is 13.3. The highest BCUT2D eigenvalue weighted by atomic mass is 32.2. The number of primary amides is 1. The number of likely N-dealkylation sites (tertiary alicyclic amines) is 1. The number of halogens is 1. The van der Waals surface area contributed by atoms with E-state index >= 15 is 0 Å². The maximum atomic E-state index is 14.4. The Hall–Kier alpha value is -4.65. The number of benzene rings is 3. The summed E-state index contributed by atoms with van der Waals surface area (Å²) < 4.78 is 51.1. The Balaban J connectivity index is 1.82. The molecule has 13 heteroatoms. The SMILES string of the molecule is COC(=O)Nc1ccc(S(=O)(=O)C(C)C)c([C@H]2CCCN2C(=O)[C@H](Nc2cccc(C(N)=O)c2)c2ccc(F)c(OC)c2)c1. The summed E-state index contributed by atoms with van der Waals surface area (Å²) in [6, 6.07) is 13.0. The van der Waals surface area contributed by atoms with E-state index in [-0.39, 0.29) is 16.2 Å². The molecule has 1 saturated heterocycles. The van der Waals surface area contributed by atoms with Gasteiger partial charge in [0.25, 0.3) is 0 Å². The highest BCUT2D eigenvalue weighted by Gasteiger charge is 2.38. The largest absolute Gasteiger partial charge is 0.494 e. The van der Waals surface area contributed by atoms with Crippen molar-refractivity contribution in [2.45, 2.75) is 48.9 Å². The normalized spacial score (nSPS) is 15.5. The van der Waals surface area contributed by atoms with Crippen LogP contribution in [-0.4, -0.2) is 57.2 Å². The summed E-state index contributed by atoms with van der Waals surface area (Å²) >= 11 is 0. The first kappa shape index (κ1) is 32.3. The van der Waals surface area contributed by atoms with E-state index in [0.717, 1.165) is 0 Å². The van der Waals surface area contributed by atoms with Crippen molar-refractivity contribution in [3.05, 3.63) is 83.2 Å². The zero-order valence-corrected chi connectivity index (χ0v) is 25.6. The van der Waals surface area contributed by atoms with E-state index in [2.05, 4.69) is 10.6 Å². The fraction of sp³-hybridized carbons (Fsp3) is 0.323. The molecule has 3 aromatic rings.